The van der Waals surface area contributed by atoms with E-state index >= 15 is 0 Å². The molecule has 0 saturated carbocycles. The second kappa shape index (κ2) is 6.37. The molecule has 2 amide bonds. The lowest BCUT2D eigenvalue weighted by molar-refractivity contribution is -0.138. The van der Waals surface area contributed by atoms with Crippen LogP contribution in [-0.4, -0.2) is 28.9 Å². The van der Waals surface area contributed by atoms with Gasteiger partial charge in [0.25, 0.3) is 11.8 Å². The maximum atomic E-state index is 12.7. The zero-order valence-electron chi connectivity index (χ0n) is 12.8. The van der Waals surface area contributed by atoms with E-state index in [2.05, 4.69) is 0 Å². The van der Waals surface area contributed by atoms with E-state index in [1.54, 1.807) is 48.5 Å². The Morgan fingerprint density at radius 1 is 1.04 bits per heavy atom. The fourth-order valence-corrected chi connectivity index (χ4v) is 2.79. The molecule has 0 saturated heterocycles. The van der Waals surface area contributed by atoms with Crippen LogP contribution in [0.25, 0.3) is 5.57 Å². The lowest BCUT2D eigenvalue weighted by atomic mass is 10.0. The van der Waals surface area contributed by atoms with Gasteiger partial charge in [-0.2, -0.15) is 0 Å². The van der Waals surface area contributed by atoms with Crippen LogP contribution in [0.1, 0.15) is 11.1 Å². The Labute approximate surface area is 143 Å². The number of hydrogen-bond donors (Lipinski definition) is 1. The molecule has 0 radical (unpaired) electrons. The second-order valence-electron chi connectivity index (χ2n) is 5.21. The van der Waals surface area contributed by atoms with Gasteiger partial charge in [-0.05, 0) is 17.7 Å². The van der Waals surface area contributed by atoms with Crippen LogP contribution in [0, 0.1) is 0 Å². The number of methoxy groups -OCH3 is 1. The number of carbonyl (C=O) groups is 2. The van der Waals surface area contributed by atoms with Gasteiger partial charge in [0, 0.05) is 10.6 Å². The number of hydrogen-bond acceptors (Lipinski definition) is 4. The highest BCUT2D eigenvalue weighted by atomic mass is 35.5. The normalized spacial score (nSPS) is 14.5. The van der Waals surface area contributed by atoms with Gasteiger partial charge >= 0.3 is 0 Å². The fourth-order valence-electron chi connectivity index (χ4n) is 2.60. The maximum absolute atomic E-state index is 12.7. The fraction of sp³-hybridized carbons (Fsp3) is 0.111. The van der Waals surface area contributed by atoms with Crippen LogP contribution in [0.5, 0.6) is 5.75 Å². The number of halogens is 1. The Hall–Kier alpha value is -2.79. The van der Waals surface area contributed by atoms with Crippen molar-refractivity contribution in [3.05, 3.63) is 70.4 Å². The summed E-state index contributed by atoms with van der Waals surface area (Å²) in [5.41, 5.74) is 0.928. The monoisotopic (exact) mass is 343 g/mol. The van der Waals surface area contributed by atoms with E-state index in [9.17, 15) is 14.7 Å². The molecule has 0 aromatic heterocycles. The van der Waals surface area contributed by atoms with Crippen molar-refractivity contribution >= 4 is 29.0 Å². The molecule has 0 spiro atoms. The van der Waals surface area contributed by atoms with Gasteiger partial charge in [-0.3, -0.25) is 14.5 Å². The zero-order valence-corrected chi connectivity index (χ0v) is 13.6. The number of aliphatic hydroxyl groups excluding tert-OH is 1. The van der Waals surface area contributed by atoms with Crippen LogP contribution in [0.15, 0.2) is 54.3 Å². The molecule has 0 fully saturated rings. The topological polar surface area (TPSA) is 66.8 Å². The van der Waals surface area contributed by atoms with Crippen molar-refractivity contribution in [1.29, 1.82) is 0 Å². The second-order valence-corrected chi connectivity index (χ2v) is 5.62. The molecule has 122 valence electrons. The number of amides is 2. The van der Waals surface area contributed by atoms with Crippen molar-refractivity contribution in [3.63, 3.8) is 0 Å². The summed E-state index contributed by atoms with van der Waals surface area (Å²) in [7, 11) is 1.46. The van der Waals surface area contributed by atoms with Gasteiger partial charge < -0.3 is 9.84 Å². The number of nitrogens with zero attached hydrogens (tertiary/aromatic N) is 1. The van der Waals surface area contributed by atoms with Crippen LogP contribution in [0.3, 0.4) is 0 Å². The number of carbonyl (C=O) groups excluding carboxylic acids is 2. The van der Waals surface area contributed by atoms with Crippen LogP contribution >= 0.6 is 11.6 Å². The summed E-state index contributed by atoms with van der Waals surface area (Å²) in [5.74, 6) is -1.51. The van der Waals surface area contributed by atoms with E-state index < -0.39 is 17.6 Å². The average Bonchev–Trinajstić information content (AvgIpc) is 2.80. The maximum Gasteiger partial charge on any atom is 0.296 e. The van der Waals surface area contributed by atoms with Gasteiger partial charge in [0.2, 0.25) is 0 Å². The van der Waals surface area contributed by atoms with Crippen LogP contribution < -0.4 is 4.74 Å². The molecule has 2 aromatic rings. The van der Waals surface area contributed by atoms with E-state index in [1.165, 1.54) is 7.11 Å². The first-order chi connectivity index (χ1) is 11.5. The molecular formula is C18H14ClNO4. The third-order valence-electron chi connectivity index (χ3n) is 3.81. The van der Waals surface area contributed by atoms with Crippen LogP contribution in [0.2, 0.25) is 5.02 Å². The molecule has 3 rings (SSSR count). The van der Waals surface area contributed by atoms with E-state index in [-0.39, 0.29) is 12.1 Å². The summed E-state index contributed by atoms with van der Waals surface area (Å²) < 4.78 is 5.21. The van der Waals surface area contributed by atoms with Gasteiger partial charge in [-0.25, -0.2) is 0 Å². The Bertz CT molecular complexity index is 860. The van der Waals surface area contributed by atoms with E-state index in [1.807, 2.05) is 0 Å². The number of ether oxygens (including phenoxy) is 1. The minimum absolute atomic E-state index is 0.0138. The smallest absolute Gasteiger partial charge is 0.296 e. The highest BCUT2D eigenvalue weighted by Crippen LogP contribution is 2.34. The largest absolute Gasteiger partial charge is 0.502 e. The molecule has 0 bridgehead atoms. The number of benzene rings is 2. The SMILES string of the molecule is COc1ccccc1C1=C(O)C(=O)N(Cc2ccccc2Cl)C1=O. The Morgan fingerprint density at radius 2 is 1.71 bits per heavy atom. The molecule has 5 nitrogen and oxygen atoms in total. The Kier molecular flexibility index (Phi) is 4.27. The molecule has 24 heavy (non-hydrogen) atoms. The molecule has 1 aliphatic rings. The highest BCUT2D eigenvalue weighted by molar-refractivity contribution is 6.35. The summed E-state index contributed by atoms with van der Waals surface area (Å²) in [4.78, 5) is 26.0. The number of para-hydroxylation sites is 1. The average molecular weight is 344 g/mol. The van der Waals surface area contributed by atoms with E-state index in [4.69, 9.17) is 16.3 Å². The third-order valence-corrected chi connectivity index (χ3v) is 4.17. The van der Waals surface area contributed by atoms with Gasteiger partial charge in [0.15, 0.2) is 5.76 Å². The summed E-state index contributed by atoms with van der Waals surface area (Å²) in [5, 5.41) is 10.6. The van der Waals surface area contributed by atoms with Crippen molar-refractivity contribution in [2.45, 2.75) is 6.54 Å². The number of aliphatic hydroxyl groups is 1. The first kappa shape index (κ1) is 16.1. The molecule has 0 aliphatic carbocycles. The quantitative estimate of drug-likeness (QED) is 0.866. The van der Waals surface area contributed by atoms with Crippen molar-refractivity contribution in [2.24, 2.45) is 0 Å². The van der Waals surface area contributed by atoms with E-state index in [0.717, 1.165) is 4.90 Å². The Morgan fingerprint density at radius 3 is 2.42 bits per heavy atom. The molecule has 0 unspecified atom stereocenters. The third kappa shape index (κ3) is 2.63. The predicted octanol–water partition coefficient (Wildman–Crippen LogP) is 3.19. The lowest BCUT2D eigenvalue weighted by Gasteiger charge is -2.15. The van der Waals surface area contributed by atoms with Gasteiger partial charge in [-0.1, -0.05) is 48.0 Å². The summed E-state index contributed by atoms with van der Waals surface area (Å²) in [6.07, 6.45) is 0. The zero-order chi connectivity index (χ0) is 17.3. The molecule has 1 heterocycles. The first-order valence-corrected chi connectivity index (χ1v) is 7.58. The minimum atomic E-state index is -0.749. The number of imide groups is 1. The van der Waals surface area contributed by atoms with E-state index in [0.29, 0.717) is 21.9 Å². The van der Waals surface area contributed by atoms with Crippen LogP contribution in [0.4, 0.5) is 0 Å². The standard InChI is InChI=1S/C18H14ClNO4/c1-24-14-9-5-3-7-12(14)15-16(21)18(23)20(17(15)22)10-11-6-2-4-8-13(11)19/h2-9,21H,10H2,1H3. The van der Waals surface area contributed by atoms with Crippen LogP contribution in [-0.2, 0) is 16.1 Å². The molecular weight excluding hydrogens is 330 g/mol. The van der Waals surface area contributed by atoms with Gasteiger partial charge in [0.05, 0.1) is 19.2 Å². The molecule has 1 aliphatic heterocycles. The Balaban J connectivity index is 1.98. The highest BCUT2D eigenvalue weighted by Gasteiger charge is 2.40. The lowest BCUT2D eigenvalue weighted by Crippen LogP contribution is -2.31. The molecule has 6 heteroatoms. The van der Waals surface area contributed by atoms with Gasteiger partial charge in [0.1, 0.15) is 5.75 Å². The molecule has 1 N–H and O–H groups in total. The van der Waals surface area contributed by atoms with Crippen molar-refractivity contribution in [1.82, 2.24) is 4.90 Å². The first-order valence-electron chi connectivity index (χ1n) is 7.20. The van der Waals surface area contributed by atoms with Crippen molar-refractivity contribution in [3.8, 4) is 5.75 Å². The van der Waals surface area contributed by atoms with Crippen molar-refractivity contribution < 1.29 is 19.4 Å². The summed E-state index contributed by atoms with van der Waals surface area (Å²) in [6.45, 7) is -0.0138. The summed E-state index contributed by atoms with van der Waals surface area (Å²) >= 11 is 6.09. The number of rotatable bonds is 4. The minimum Gasteiger partial charge on any atom is -0.502 e. The summed E-state index contributed by atoms with van der Waals surface area (Å²) in [6, 6.07) is 13.6. The molecule has 2 aromatic carbocycles. The molecule has 0 atom stereocenters. The van der Waals surface area contributed by atoms with Crippen molar-refractivity contribution in [2.75, 3.05) is 7.11 Å². The van der Waals surface area contributed by atoms with Gasteiger partial charge in [-0.15, -0.1) is 0 Å². The predicted molar refractivity (Wildman–Crippen MR) is 89.6 cm³/mol.